The third-order valence-corrected chi connectivity index (χ3v) is 4.16. The molecule has 0 spiro atoms. The van der Waals surface area contributed by atoms with Gasteiger partial charge in [-0.25, -0.2) is 0 Å². The SMILES string of the molecule is C=CCN(C(=O)c1ccc(I)cc1)C1CCCC1. The Morgan fingerprint density at radius 2 is 1.94 bits per heavy atom. The van der Waals surface area contributed by atoms with Gasteiger partial charge in [-0.1, -0.05) is 18.9 Å². The maximum atomic E-state index is 12.5. The molecule has 2 rings (SSSR count). The average Bonchev–Trinajstić information content (AvgIpc) is 2.90. The van der Waals surface area contributed by atoms with Crippen molar-refractivity contribution in [3.05, 3.63) is 46.1 Å². The zero-order valence-electron chi connectivity index (χ0n) is 10.4. The van der Waals surface area contributed by atoms with Crippen molar-refractivity contribution in [2.75, 3.05) is 6.54 Å². The fourth-order valence-electron chi connectivity index (χ4n) is 2.51. The topological polar surface area (TPSA) is 20.3 Å². The molecule has 1 amide bonds. The summed E-state index contributed by atoms with van der Waals surface area (Å²) in [5.41, 5.74) is 0.782. The minimum atomic E-state index is 0.137. The molecule has 1 fully saturated rings. The average molecular weight is 355 g/mol. The molecule has 0 saturated heterocycles. The van der Waals surface area contributed by atoms with Gasteiger partial charge in [-0.2, -0.15) is 0 Å². The Kier molecular flexibility index (Phi) is 4.80. The van der Waals surface area contributed by atoms with Gasteiger partial charge >= 0.3 is 0 Å². The van der Waals surface area contributed by atoms with E-state index in [1.807, 2.05) is 35.2 Å². The van der Waals surface area contributed by atoms with E-state index >= 15 is 0 Å². The summed E-state index contributed by atoms with van der Waals surface area (Å²) in [4.78, 5) is 14.5. The molecule has 0 unspecified atom stereocenters. The number of carbonyl (C=O) groups is 1. The van der Waals surface area contributed by atoms with Crippen molar-refractivity contribution in [3.8, 4) is 0 Å². The minimum absolute atomic E-state index is 0.137. The molecule has 0 aliphatic heterocycles. The number of halogens is 1. The summed E-state index contributed by atoms with van der Waals surface area (Å²) < 4.78 is 1.15. The van der Waals surface area contributed by atoms with Crippen LogP contribution in [0.3, 0.4) is 0 Å². The van der Waals surface area contributed by atoms with E-state index < -0.39 is 0 Å². The highest BCUT2D eigenvalue weighted by atomic mass is 127. The number of benzene rings is 1. The number of amides is 1. The standard InChI is InChI=1S/C15H18INO/c1-2-11-17(14-5-3-4-6-14)15(18)12-7-9-13(16)10-8-12/h2,7-10,14H,1,3-6,11H2. The third-order valence-electron chi connectivity index (χ3n) is 3.44. The van der Waals surface area contributed by atoms with Gasteiger partial charge in [0.2, 0.25) is 0 Å². The van der Waals surface area contributed by atoms with Gasteiger partial charge < -0.3 is 4.90 Å². The van der Waals surface area contributed by atoms with Crippen LogP contribution in [-0.2, 0) is 0 Å². The second-order valence-corrected chi connectivity index (χ2v) is 5.94. The first kappa shape index (κ1) is 13.6. The van der Waals surface area contributed by atoms with E-state index in [9.17, 15) is 4.79 Å². The van der Waals surface area contributed by atoms with Crippen molar-refractivity contribution < 1.29 is 4.79 Å². The Morgan fingerprint density at radius 3 is 2.50 bits per heavy atom. The molecule has 0 heterocycles. The van der Waals surface area contributed by atoms with Crippen molar-refractivity contribution in [1.29, 1.82) is 0 Å². The molecule has 2 nitrogen and oxygen atoms in total. The number of rotatable bonds is 4. The molecule has 1 aliphatic carbocycles. The molecule has 1 saturated carbocycles. The van der Waals surface area contributed by atoms with Gasteiger partial charge in [0.25, 0.3) is 5.91 Å². The highest BCUT2D eigenvalue weighted by molar-refractivity contribution is 14.1. The number of hydrogen-bond donors (Lipinski definition) is 0. The molecular weight excluding hydrogens is 337 g/mol. The molecule has 0 radical (unpaired) electrons. The minimum Gasteiger partial charge on any atom is -0.332 e. The van der Waals surface area contributed by atoms with Crippen LogP contribution >= 0.6 is 22.6 Å². The van der Waals surface area contributed by atoms with Gasteiger partial charge in [-0.05, 0) is 59.7 Å². The summed E-state index contributed by atoms with van der Waals surface area (Å²) in [5.74, 6) is 0.137. The maximum absolute atomic E-state index is 12.5. The maximum Gasteiger partial charge on any atom is 0.254 e. The first-order chi connectivity index (χ1) is 8.72. The Hall–Kier alpha value is -0.840. The molecular formula is C15H18INO. The Bertz CT molecular complexity index is 421. The van der Waals surface area contributed by atoms with Gasteiger partial charge in [0, 0.05) is 21.7 Å². The summed E-state index contributed by atoms with van der Waals surface area (Å²) in [7, 11) is 0. The van der Waals surface area contributed by atoms with E-state index in [-0.39, 0.29) is 5.91 Å². The molecule has 0 N–H and O–H groups in total. The molecule has 18 heavy (non-hydrogen) atoms. The van der Waals surface area contributed by atoms with Crippen LogP contribution in [0.5, 0.6) is 0 Å². The molecule has 0 bridgehead atoms. The van der Waals surface area contributed by atoms with Crippen LogP contribution in [0.15, 0.2) is 36.9 Å². The van der Waals surface area contributed by atoms with Crippen molar-refractivity contribution in [2.24, 2.45) is 0 Å². The van der Waals surface area contributed by atoms with E-state index in [1.165, 1.54) is 12.8 Å². The van der Waals surface area contributed by atoms with E-state index in [1.54, 1.807) is 0 Å². The summed E-state index contributed by atoms with van der Waals surface area (Å²) in [6.45, 7) is 4.42. The Morgan fingerprint density at radius 1 is 1.33 bits per heavy atom. The largest absolute Gasteiger partial charge is 0.332 e. The normalized spacial score (nSPS) is 15.6. The smallest absolute Gasteiger partial charge is 0.254 e. The van der Waals surface area contributed by atoms with Gasteiger partial charge in [-0.3, -0.25) is 4.79 Å². The van der Waals surface area contributed by atoms with Crippen LogP contribution in [0.4, 0.5) is 0 Å². The predicted octanol–water partition coefficient (Wildman–Crippen LogP) is 3.86. The first-order valence-electron chi connectivity index (χ1n) is 6.40. The fraction of sp³-hybridized carbons (Fsp3) is 0.400. The molecule has 0 atom stereocenters. The van der Waals surface area contributed by atoms with Crippen LogP contribution in [-0.4, -0.2) is 23.4 Å². The van der Waals surface area contributed by atoms with E-state index in [0.29, 0.717) is 12.6 Å². The van der Waals surface area contributed by atoms with Crippen LogP contribution in [0.1, 0.15) is 36.0 Å². The van der Waals surface area contributed by atoms with Gasteiger partial charge in [0.05, 0.1) is 0 Å². The van der Waals surface area contributed by atoms with Crippen molar-refractivity contribution in [3.63, 3.8) is 0 Å². The second-order valence-electron chi connectivity index (χ2n) is 4.69. The number of carbonyl (C=O) groups excluding carboxylic acids is 1. The van der Waals surface area contributed by atoms with Crippen LogP contribution in [0.25, 0.3) is 0 Å². The summed E-state index contributed by atoms with van der Waals surface area (Å²) >= 11 is 2.25. The van der Waals surface area contributed by atoms with Gasteiger partial charge in [-0.15, -0.1) is 6.58 Å². The quantitative estimate of drug-likeness (QED) is 0.593. The zero-order chi connectivity index (χ0) is 13.0. The highest BCUT2D eigenvalue weighted by Crippen LogP contribution is 2.25. The molecule has 0 aromatic heterocycles. The lowest BCUT2D eigenvalue weighted by atomic mass is 10.1. The lowest BCUT2D eigenvalue weighted by Gasteiger charge is -2.28. The molecule has 1 aliphatic rings. The van der Waals surface area contributed by atoms with Crippen LogP contribution in [0.2, 0.25) is 0 Å². The Balaban J connectivity index is 2.16. The van der Waals surface area contributed by atoms with Crippen molar-refractivity contribution >= 4 is 28.5 Å². The van der Waals surface area contributed by atoms with Gasteiger partial charge in [0.15, 0.2) is 0 Å². The zero-order valence-corrected chi connectivity index (χ0v) is 12.6. The molecule has 1 aromatic carbocycles. The Labute approximate surface area is 122 Å². The molecule has 1 aromatic rings. The highest BCUT2D eigenvalue weighted by Gasteiger charge is 2.26. The first-order valence-corrected chi connectivity index (χ1v) is 7.47. The number of nitrogens with zero attached hydrogens (tertiary/aromatic N) is 1. The fourth-order valence-corrected chi connectivity index (χ4v) is 2.87. The number of hydrogen-bond acceptors (Lipinski definition) is 1. The monoisotopic (exact) mass is 355 g/mol. The third kappa shape index (κ3) is 3.13. The predicted molar refractivity (Wildman–Crippen MR) is 82.6 cm³/mol. The lowest BCUT2D eigenvalue weighted by Crippen LogP contribution is -2.38. The second kappa shape index (κ2) is 6.36. The summed E-state index contributed by atoms with van der Waals surface area (Å²) in [5, 5.41) is 0. The van der Waals surface area contributed by atoms with Crippen LogP contribution in [0, 0.1) is 3.57 Å². The van der Waals surface area contributed by atoms with Crippen molar-refractivity contribution in [2.45, 2.75) is 31.7 Å². The van der Waals surface area contributed by atoms with Crippen LogP contribution < -0.4 is 0 Å². The molecule has 96 valence electrons. The van der Waals surface area contributed by atoms with E-state index in [2.05, 4.69) is 29.2 Å². The summed E-state index contributed by atoms with van der Waals surface area (Å²) in [6, 6.07) is 8.18. The lowest BCUT2D eigenvalue weighted by molar-refractivity contribution is 0.0706. The van der Waals surface area contributed by atoms with E-state index in [0.717, 1.165) is 22.0 Å². The molecule has 3 heteroatoms. The summed E-state index contributed by atoms with van der Waals surface area (Å²) in [6.07, 6.45) is 6.55. The van der Waals surface area contributed by atoms with Gasteiger partial charge in [0.1, 0.15) is 0 Å². The van der Waals surface area contributed by atoms with E-state index in [4.69, 9.17) is 0 Å². The van der Waals surface area contributed by atoms with Crippen molar-refractivity contribution in [1.82, 2.24) is 4.90 Å².